The van der Waals surface area contributed by atoms with Crippen LogP contribution in [0.25, 0.3) is 0 Å². The first-order valence-corrected chi connectivity index (χ1v) is 5.52. The molecule has 1 aromatic heterocycles. The lowest BCUT2D eigenvalue weighted by molar-refractivity contribution is -0.699. The van der Waals surface area contributed by atoms with Gasteiger partial charge in [0.25, 0.3) is 5.82 Å². The van der Waals surface area contributed by atoms with Gasteiger partial charge in [-0.1, -0.05) is 13.3 Å². The second-order valence-electron chi connectivity index (χ2n) is 3.59. The van der Waals surface area contributed by atoms with Crippen LogP contribution in [0.5, 0.6) is 0 Å². The fourth-order valence-corrected chi connectivity index (χ4v) is 1.64. The van der Waals surface area contributed by atoms with Crippen molar-refractivity contribution in [3.8, 4) is 0 Å². The molecule has 0 aliphatic rings. The number of aliphatic hydroxyl groups excluding tert-OH is 1. The average Bonchev–Trinajstić information content (AvgIpc) is 2.58. The van der Waals surface area contributed by atoms with Gasteiger partial charge in [-0.05, 0) is 13.3 Å². The van der Waals surface area contributed by atoms with Crippen molar-refractivity contribution >= 4 is 0 Å². The Bertz CT molecular complexity index is 268. The second kappa shape index (κ2) is 5.81. The van der Waals surface area contributed by atoms with Gasteiger partial charge in [0.15, 0.2) is 0 Å². The summed E-state index contributed by atoms with van der Waals surface area (Å²) < 4.78 is 2.24. The number of H-pyrrole nitrogens is 1. The van der Waals surface area contributed by atoms with E-state index in [0.29, 0.717) is 0 Å². The molecule has 0 aliphatic heterocycles. The number of hydrogen-bond donors (Lipinski definition) is 2. The number of rotatable bonds is 6. The first-order chi connectivity index (χ1) is 6.81. The van der Waals surface area contributed by atoms with Crippen molar-refractivity contribution in [2.24, 2.45) is 0 Å². The van der Waals surface area contributed by atoms with E-state index in [1.807, 2.05) is 0 Å². The fourth-order valence-electron chi connectivity index (χ4n) is 1.64. The van der Waals surface area contributed by atoms with Crippen LogP contribution < -0.4 is 4.57 Å². The van der Waals surface area contributed by atoms with Crippen LogP contribution in [-0.2, 0) is 19.4 Å². The molecular weight excluding hydrogens is 176 g/mol. The van der Waals surface area contributed by atoms with E-state index in [1.165, 1.54) is 18.7 Å². The molecule has 80 valence electrons. The Hall–Kier alpha value is -0.830. The molecule has 0 aromatic carbocycles. The molecule has 0 saturated heterocycles. The van der Waals surface area contributed by atoms with Crippen molar-refractivity contribution in [3.05, 3.63) is 17.7 Å². The van der Waals surface area contributed by atoms with Crippen molar-refractivity contribution in [2.45, 2.75) is 46.1 Å². The minimum absolute atomic E-state index is 0.220. The highest BCUT2D eigenvalue weighted by Gasteiger charge is 2.12. The number of imidazole rings is 1. The highest BCUT2D eigenvalue weighted by atomic mass is 16.3. The van der Waals surface area contributed by atoms with E-state index in [-0.39, 0.29) is 6.61 Å². The van der Waals surface area contributed by atoms with E-state index in [0.717, 1.165) is 25.1 Å². The quantitative estimate of drug-likeness (QED) is 0.661. The van der Waals surface area contributed by atoms with Crippen LogP contribution in [0.2, 0.25) is 0 Å². The van der Waals surface area contributed by atoms with Crippen LogP contribution in [0.4, 0.5) is 0 Å². The largest absolute Gasteiger partial charge is 0.396 e. The molecule has 0 radical (unpaired) electrons. The number of nitrogens with one attached hydrogen (secondary N) is 1. The first-order valence-electron chi connectivity index (χ1n) is 5.52. The van der Waals surface area contributed by atoms with Crippen molar-refractivity contribution in [3.63, 3.8) is 0 Å². The van der Waals surface area contributed by atoms with Crippen LogP contribution in [-0.4, -0.2) is 16.7 Å². The van der Waals surface area contributed by atoms with Gasteiger partial charge in [0.2, 0.25) is 0 Å². The molecule has 1 heterocycles. The van der Waals surface area contributed by atoms with Crippen LogP contribution >= 0.6 is 0 Å². The molecular formula is C11H21N2O+. The first kappa shape index (κ1) is 11.2. The molecule has 0 bridgehead atoms. The summed E-state index contributed by atoms with van der Waals surface area (Å²) in [4.78, 5) is 3.37. The number of unbranched alkanes of at least 4 members (excludes halogenated alkanes) is 1. The third kappa shape index (κ3) is 2.84. The van der Waals surface area contributed by atoms with Gasteiger partial charge >= 0.3 is 0 Å². The lowest BCUT2D eigenvalue weighted by atomic mass is 10.2. The number of aliphatic hydroxyl groups is 1. The van der Waals surface area contributed by atoms with Crippen molar-refractivity contribution in [1.29, 1.82) is 0 Å². The molecule has 0 saturated carbocycles. The molecule has 3 heteroatoms. The van der Waals surface area contributed by atoms with Crippen LogP contribution in [0.15, 0.2) is 6.20 Å². The Kier molecular flexibility index (Phi) is 4.66. The number of aryl methyl sites for hydroxylation is 2. The van der Waals surface area contributed by atoms with Gasteiger partial charge in [-0.15, -0.1) is 0 Å². The second-order valence-corrected chi connectivity index (χ2v) is 3.59. The maximum Gasteiger partial charge on any atom is 0.254 e. The van der Waals surface area contributed by atoms with Crippen molar-refractivity contribution in [2.75, 3.05) is 6.61 Å². The number of hydrogen-bond acceptors (Lipinski definition) is 1. The molecule has 0 spiro atoms. The van der Waals surface area contributed by atoms with Gasteiger partial charge < -0.3 is 5.11 Å². The Balaban J connectivity index is 2.69. The zero-order chi connectivity index (χ0) is 10.4. The van der Waals surface area contributed by atoms with Crippen LogP contribution in [0.3, 0.4) is 0 Å². The Morgan fingerprint density at radius 2 is 2.14 bits per heavy atom. The third-order valence-corrected chi connectivity index (χ3v) is 2.45. The van der Waals surface area contributed by atoms with E-state index >= 15 is 0 Å². The monoisotopic (exact) mass is 197 g/mol. The SMILES string of the molecule is CCCCc1[nH]c(CCO)c[n+]1CC. The highest BCUT2D eigenvalue weighted by molar-refractivity contribution is 4.95. The molecule has 0 unspecified atom stereocenters. The predicted molar refractivity (Wildman–Crippen MR) is 56.1 cm³/mol. The Morgan fingerprint density at radius 1 is 1.36 bits per heavy atom. The van der Waals surface area contributed by atoms with Gasteiger partial charge in [0.1, 0.15) is 11.9 Å². The minimum atomic E-state index is 0.220. The molecule has 0 amide bonds. The molecule has 3 nitrogen and oxygen atoms in total. The Morgan fingerprint density at radius 3 is 2.71 bits per heavy atom. The van der Waals surface area contributed by atoms with Crippen molar-refractivity contribution < 1.29 is 9.67 Å². The van der Waals surface area contributed by atoms with Gasteiger partial charge in [0.05, 0.1) is 13.2 Å². The van der Waals surface area contributed by atoms with E-state index in [9.17, 15) is 0 Å². The van der Waals surface area contributed by atoms with Gasteiger partial charge in [-0.2, -0.15) is 0 Å². The maximum absolute atomic E-state index is 8.84. The topological polar surface area (TPSA) is 39.9 Å². The number of aromatic amines is 1. The standard InChI is InChI=1S/C11H20N2O/c1-3-5-6-11-12-10(7-8-14)9-13(11)4-2/h9,14H,3-8H2,1-2H3/p+1. The highest BCUT2D eigenvalue weighted by Crippen LogP contribution is 2.01. The summed E-state index contributed by atoms with van der Waals surface area (Å²) in [6.07, 6.45) is 6.39. The average molecular weight is 197 g/mol. The summed E-state index contributed by atoms with van der Waals surface area (Å²) >= 11 is 0. The van der Waals surface area contributed by atoms with E-state index in [2.05, 4.69) is 29.6 Å². The molecule has 14 heavy (non-hydrogen) atoms. The van der Waals surface area contributed by atoms with E-state index in [4.69, 9.17) is 5.11 Å². The van der Waals surface area contributed by atoms with E-state index in [1.54, 1.807) is 0 Å². The smallest absolute Gasteiger partial charge is 0.254 e. The molecule has 2 N–H and O–H groups in total. The summed E-state index contributed by atoms with van der Waals surface area (Å²) in [5, 5.41) is 8.84. The molecule has 1 aromatic rings. The summed E-state index contributed by atoms with van der Waals surface area (Å²) in [7, 11) is 0. The Labute approximate surface area is 85.8 Å². The third-order valence-electron chi connectivity index (χ3n) is 2.45. The summed E-state index contributed by atoms with van der Waals surface area (Å²) in [5.41, 5.74) is 1.14. The number of nitrogens with zero attached hydrogens (tertiary/aromatic N) is 1. The fraction of sp³-hybridized carbons (Fsp3) is 0.727. The molecule has 0 aliphatic carbocycles. The molecule has 0 atom stereocenters. The van der Waals surface area contributed by atoms with Crippen molar-refractivity contribution in [1.82, 2.24) is 4.98 Å². The predicted octanol–water partition coefficient (Wildman–Crippen LogP) is 1.20. The van der Waals surface area contributed by atoms with Crippen LogP contribution in [0.1, 0.15) is 38.2 Å². The lowest BCUT2D eigenvalue weighted by Crippen LogP contribution is -2.34. The van der Waals surface area contributed by atoms with Gasteiger partial charge in [0, 0.05) is 12.8 Å². The molecule has 0 fully saturated rings. The van der Waals surface area contributed by atoms with Gasteiger partial charge in [-0.3, -0.25) is 0 Å². The summed E-state index contributed by atoms with van der Waals surface area (Å²) in [6.45, 7) is 5.57. The summed E-state index contributed by atoms with van der Waals surface area (Å²) in [5.74, 6) is 1.29. The minimum Gasteiger partial charge on any atom is -0.396 e. The lowest BCUT2D eigenvalue weighted by Gasteiger charge is -1.94. The summed E-state index contributed by atoms with van der Waals surface area (Å²) in [6, 6.07) is 0. The number of aromatic nitrogens is 2. The molecule has 1 rings (SSSR count). The zero-order valence-corrected chi connectivity index (χ0v) is 9.21. The maximum atomic E-state index is 8.84. The van der Waals surface area contributed by atoms with Crippen LogP contribution in [0, 0.1) is 0 Å². The normalized spacial score (nSPS) is 10.8. The zero-order valence-electron chi connectivity index (χ0n) is 9.21. The van der Waals surface area contributed by atoms with E-state index < -0.39 is 0 Å². The van der Waals surface area contributed by atoms with Gasteiger partial charge in [-0.25, -0.2) is 9.55 Å².